The minimum Gasteiger partial charge on any atom is -0.0625 e. The molecule has 0 aliphatic heterocycles. The molecule has 0 aromatic heterocycles. The zero-order valence-electron chi connectivity index (χ0n) is 7.09. The van der Waals surface area contributed by atoms with Crippen LogP contribution in [0, 0.1) is 35.0 Å². The Hall–Kier alpha value is 0. The number of fused-ring (bicyclic) bond motifs is 1. The molecule has 0 heterocycles. The Kier molecular flexibility index (Phi) is 0.669. The first-order valence-electron chi connectivity index (χ1n) is 4.66. The smallest absolute Gasteiger partial charge is 0.0255 e. The fourth-order valence-electron chi connectivity index (χ4n) is 4.22. The van der Waals surface area contributed by atoms with Crippen LogP contribution >= 0.6 is 0 Å². The molecule has 0 radical (unpaired) electrons. The largest absolute Gasteiger partial charge is 0.0625 e. The summed E-state index contributed by atoms with van der Waals surface area (Å²) in [4.78, 5) is 0. The van der Waals surface area contributed by atoms with Crippen LogP contribution < -0.4 is 0 Å². The SMILES string of the molecule is CC(C)C1C2CC3(C)C2C13. The van der Waals surface area contributed by atoms with Crippen LogP contribution in [0.25, 0.3) is 0 Å². The lowest BCUT2D eigenvalue weighted by atomic mass is 9.64. The number of hydrogen-bond donors (Lipinski definition) is 0. The second kappa shape index (κ2) is 1.19. The van der Waals surface area contributed by atoms with Gasteiger partial charge in [0.2, 0.25) is 0 Å². The molecule has 0 heteroatoms. The first-order valence-corrected chi connectivity index (χ1v) is 4.66. The first kappa shape index (κ1) is 5.62. The molecule has 3 aliphatic carbocycles. The van der Waals surface area contributed by atoms with Gasteiger partial charge >= 0.3 is 0 Å². The number of hydrogen-bond acceptors (Lipinski definition) is 0. The van der Waals surface area contributed by atoms with Crippen LogP contribution in [0.15, 0.2) is 0 Å². The quantitative estimate of drug-likeness (QED) is 0.519. The first-order chi connectivity index (χ1) is 4.66. The molecule has 3 rings (SSSR count). The summed E-state index contributed by atoms with van der Waals surface area (Å²) in [6.45, 7) is 7.30. The van der Waals surface area contributed by atoms with Gasteiger partial charge < -0.3 is 0 Å². The summed E-state index contributed by atoms with van der Waals surface area (Å²) >= 11 is 0. The van der Waals surface area contributed by atoms with E-state index < -0.39 is 0 Å². The molecule has 3 aliphatic rings. The van der Waals surface area contributed by atoms with Crippen LogP contribution in [0.1, 0.15) is 27.2 Å². The van der Waals surface area contributed by atoms with Gasteiger partial charge in [-0.3, -0.25) is 0 Å². The molecule has 0 amide bonds. The van der Waals surface area contributed by atoms with E-state index in [2.05, 4.69) is 20.8 Å². The minimum atomic E-state index is 0.875. The Bertz CT molecular complexity index is 194. The van der Waals surface area contributed by atoms with Gasteiger partial charge in [0.1, 0.15) is 0 Å². The summed E-state index contributed by atoms with van der Waals surface area (Å²) in [6.07, 6.45) is 1.57. The third-order valence-corrected chi connectivity index (χ3v) is 4.62. The van der Waals surface area contributed by atoms with E-state index in [1.807, 2.05) is 0 Å². The Morgan fingerprint density at radius 1 is 1.30 bits per heavy atom. The van der Waals surface area contributed by atoms with Crippen molar-refractivity contribution in [2.24, 2.45) is 35.0 Å². The molecule has 3 saturated carbocycles. The van der Waals surface area contributed by atoms with Crippen molar-refractivity contribution in [1.82, 2.24) is 0 Å². The summed E-state index contributed by atoms with van der Waals surface area (Å²) in [5.74, 6) is 5.66. The van der Waals surface area contributed by atoms with Crippen LogP contribution in [-0.4, -0.2) is 0 Å². The molecule has 10 heavy (non-hydrogen) atoms. The summed E-state index contributed by atoms with van der Waals surface area (Å²) in [7, 11) is 0. The summed E-state index contributed by atoms with van der Waals surface area (Å²) < 4.78 is 0. The van der Waals surface area contributed by atoms with Crippen LogP contribution in [0.4, 0.5) is 0 Å². The highest BCUT2D eigenvalue weighted by molar-refractivity contribution is 5.31. The standard InChI is InChI=1S/C10H16/c1-5(2)7-6-4-10(3)8(6)9(7)10/h5-9H,4H2,1-3H3. The average Bonchev–Trinajstić information content (AvgIpc) is 2.18. The maximum absolute atomic E-state index is 2.50. The Balaban J connectivity index is 1.86. The molecule has 5 atom stereocenters. The Morgan fingerprint density at radius 3 is 2.20 bits per heavy atom. The lowest BCUT2D eigenvalue weighted by Crippen LogP contribution is -2.35. The van der Waals surface area contributed by atoms with E-state index in [1.54, 1.807) is 6.42 Å². The van der Waals surface area contributed by atoms with Crippen LogP contribution in [-0.2, 0) is 0 Å². The van der Waals surface area contributed by atoms with E-state index in [0.29, 0.717) is 0 Å². The molecule has 5 unspecified atom stereocenters. The minimum absolute atomic E-state index is 0.875. The molecule has 56 valence electrons. The Labute approximate surface area is 63.0 Å². The molecular formula is C10H16. The van der Waals surface area contributed by atoms with Crippen molar-refractivity contribution in [2.45, 2.75) is 27.2 Å². The maximum atomic E-state index is 2.50. The van der Waals surface area contributed by atoms with E-state index in [-0.39, 0.29) is 0 Å². The average molecular weight is 136 g/mol. The lowest BCUT2D eigenvalue weighted by Gasteiger charge is -2.40. The molecule has 0 aromatic rings. The highest BCUT2D eigenvalue weighted by atomic mass is 14.9. The third-order valence-electron chi connectivity index (χ3n) is 4.62. The van der Waals surface area contributed by atoms with Gasteiger partial charge in [-0.15, -0.1) is 0 Å². The molecule has 3 fully saturated rings. The van der Waals surface area contributed by atoms with Crippen molar-refractivity contribution in [3.63, 3.8) is 0 Å². The van der Waals surface area contributed by atoms with Gasteiger partial charge in [0.05, 0.1) is 0 Å². The van der Waals surface area contributed by atoms with Crippen molar-refractivity contribution < 1.29 is 0 Å². The van der Waals surface area contributed by atoms with E-state index in [4.69, 9.17) is 0 Å². The fraction of sp³-hybridized carbons (Fsp3) is 1.00. The fourth-order valence-corrected chi connectivity index (χ4v) is 4.22. The number of rotatable bonds is 1. The highest BCUT2D eigenvalue weighted by Gasteiger charge is 2.84. The predicted molar refractivity (Wildman–Crippen MR) is 41.5 cm³/mol. The lowest BCUT2D eigenvalue weighted by molar-refractivity contribution is 0.0738. The topological polar surface area (TPSA) is 0 Å². The van der Waals surface area contributed by atoms with Gasteiger partial charge in [-0.2, -0.15) is 0 Å². The van der Waals surface area contributed by atoms with Gasteiger partial charge in [-0.05, 0) is 41.4 Å². The molecule has 0 nitrogen and oxygen atoms in total. The zero-order chi connectivity index (χ0) is 7.09. The second-order valence-electron chi connectivity index (χ2n) is 5.25. The second-order valence-corrected chi connectivity index (χ2v) is 5.25. The van der Waals surface area contributed by atoms with Gasteiger partial charge in [0.15, 0.2) is 0 Å². The molecular weight excluding hydrogens is 120 g/mol. The monoisotopic (exact) mass is 136 g/mol. The van der Waals surface area contributed by atoms with E-state index in [1.165, 1.54) is 17.8 Å². The van der Waals surface area contributed by atoms with Crippen molar-refractivity contribution in [2.75, 3.05) is 0 Å². The van der Waals surface area contributed by atoms with Crippen molar-refractivity contribution >= 4 is 0 Å². The molecule has 0 bridgehead atoms. The van der Waals surface area contributed by atoms with Gasteiger partial charge in [0.25, 0.3) is 0 Å². The van der Waals surface area contributed by atoms with Crippen LogP contribution in [0.5, 0.6) is 0 Å². The predicted octanol–water partition coefficient (Wildman–Crippen LogP) is 2.54. The third kappa shape index (κ3) is 0.320. The van der Waals surface area contributed by atoms with Crippen LogP contribution in [0.2, 0.25) is 0 Å². The van der Waals surface area contributed by atoms with Gasteiger partial charge in [-0.25, -0.2) is 0 Å². The Morgan fingerprint density at radius 2 is 2.00 bits per heavy atom. The highest BCUT2D eigenvalue weighted by Crippen LogP contribution is 2.89. The summed E-state index contributed by atoms with van der Waals surface area (Å²) in [5, 5.41) is 0. The van der Waals surface area contributed by atoms with Crippen molar-refractivity contribution in [3.8, 4) is 0 Å². The van der Waals surface area contributed by atoms with E-state index in [9.17, 15) is 0 Å². The normalized spacial score (nSPS) is 68.4. The molecule has 0 N–H and O–H groups in total. The van der Waals surface area contributed by atoms with Crippen molar-refractivity contribution in [1.29, 1.82) is 0 Å². The van der Waals surface area contributed by atoms with Crippen molar-refractivity contribution in [3.05, 3.63) is 0 Å². The molecule has 0 aromatic carbocycles. The van der Waals surface area contributed by atoms with Crippen LogP contribution in [0.3, 0.4) is 0 Å². The van der Waals surface area contributed by atoms with E-state index in [0.717, 1.165) is 17.3 Å². The summed E-state index contributed by atoms with van der Waals surface area (Å²) in [6, 6.07) is 0. The van der Waals surface area contributed by atoms with Gasteiger partial charge in [-0.1, -0.05) is 20.8 Å². The van der Waals surface area contributed by atoms with Gasteiger partial charge in [0, 0.05) is 0 Å². The maximum Gasteiger partial charge on any atom is -0.0255 e. The zero-order valence-corrected chi connectivity index (χ0v) is 7.09. The molecule has 0 spiro atoms. The molecule has 0 saturated heterocycles. The van der Waals surface area contributed by atoms with E-state index >= 15 is 0 Å². The summed E-state index contributed by atoms with van der Waals surface area (Å²) in [5.41, 5.74) is 0.875.